The molecule has 0 saturated carbocycles. The lowest BCUT2D eigenvalue weighted by Crippen LogP contribution is -2.15. The Kier molecular flexibility index (Phi) is 25.7. The molecule has 0 bridgehead atoms. The summed E-state index contributed by atoms with van der Waals surface area (Å²) in [5.41, 5.74) is 0. The number of hydrogen-bond acceptors (Lipinski definition) is 7. The van der Waals surface area contributed by atoms with Gasteiger partial charge in [0.15, 0.2) is 0 Å². The molecular formula is C23H46O7. The highest BCUT2D eigenvalue weighted by atomic mass is 16.6. The molecule has 0 spiro atoms. The van der Waals surface area contributed by atoms with E-state index >= 15 is 0 Å². The summed E-state index contributed by atoms with van der Waals surface area (Å²) >= 11 is 0. The minimum atomic E-state index is -0.387. The van der Waals surface area contributed by atoms with Crippen molar-refractivity contribution >= 4 is 5.97 Å². The van der Waals surface area contributed by atoms with Crippen molar-refractivity contribution in [3.8, 4) is 0 Å². The lowest BCUT2D eigenvalue weighted by molar-refractivity contribution is -0.146. The normalized spacial score (nSPS) is 11.1. The number of methoxy groups -OCH3 is 1. The van der Waals surface area contributed by atoms with Gasteiger partial charge >= 0.3 is 5.97 Å². The molecule has 7 heteroatoms. The third-order valence-corrected chi connectivity index (χ3v) is 4.58. The van der Waals surface area contributed by atoms with Crippen molar-refractivity contribution in [2.75, 3.05) is 73.2 Å². The van der Waals surface area contributed by atoms with E-state index < -0.39 is 0 Å². The molecule has 0 amide bonds. The monoisotopic (exact) mass is 434 g/mol. The second-order valence-electron chi connectivity index (χ2n) is 7.26. The third kappa shape index (κ3) is 25.3. The first-order chi connectivity index (χ1) is 14.8. The molecule has 0 saturated heterocycles. The Hall–Kier alpha value is -0.730. The fourth-order valence-corrected chi connectivity index (χ4v) is 2.79. The number of unbranched alkanes of at least 4 members (excludes halogenated alkanes) is 9. The molecule has 7 nitrogen and oxygen atoms in total. The van der Waals surface area contributed by atoms with Crippen LogP contribution in [0.15, 0.2) is 0 Å². The van der Waals surface area contributed by atoms with Gasteiger partial charge in [0.05, 0.1) is 60.0 Å². The highest BCUT2D eigenvalue weighted by Crippen LogP contribution is 2.10. The number of carbonyl (C=O) groups excluding carboxylic acids is 1. The number of esters is 1. The quantitative estimate of drug-likeness (QED) is 0.158. The SMILES string of the molecule is CCCCCCCCCCCCOCCOCCOCCOCCOCC(=O)OC. The predicted molar refractivity (Wildman–Crippen MR) is 118 cm³/mol. The molecule has 0 radical (unpaired) electrons. The number of hydrogen-bond donors (Lipinski definition) is 0. The molecule has 0 aromatic rings. The highest BCUT2D eigenvalue weighted by molar-refractivity contribution is 5.70. The van der Waals surface area contributed by atoms with Gasteiger partial charge in [-0.2, -0.15) is 0 Å². The van der Waals surface area contributed by atoms with Crippen molar-refractivity contribution in [3.63, 3.8) is 0 Å². The summed E-state index contributed by atoms with van der Waals surface area (Å²) in [6.07, 6.45) is 13.4. The summed E-state index contributed by atoms with van der Waals surface area (Å²) in [6, 6.07) is 0. The standard InChI is InChI=1S/C23H46O7/c1-3-4-5-6-7-8-9-10-11-12-13-26-14-15-27-16-17-28-18-19-29-20-21-30-22-23(24)25-2/h3-22H2,1-2H3. The Bertz CT molecular complexity index is 340. The molecule has 0 aromatic heterocycles. The molecule has 0 heterocycles. The molecule has 0 aliphatic carbocycles. The molecule has 30 heavy (non-hydrogen) atoms. The summed E-state index contributed by atoms with van der Waals surface area (Å²) in [7, 11) is 1.33. The van der Waals surface area contributed by atoms with E-state index in [2.05, 4.69) is 11.7 Å². The predicted octanol–water partition coefficient (Wildman–Crippen LogP) is 4.16. The Morgan fingerprint density at radius 2 is 0.867 bits per heavy atom. The Morgan fingerprint density at radius 3 is 1.30 bits per heavy atom. The van der Waals surface area contributed by atoms with Crippen LogP contribution in [0.4, 0.5) is 0 Å². The molecule has 0 rings (SSSR count). The van der Waals surface area contributed by atoms with Gasteiger partial charge in [-0.15, -0.1) is 0 Å². The lowest BCUT2D eigenvalue weighted by Gasteiger charge is -2.08. The van der Waals surface area contributed by atoms with Gasteiger partial charge in [-0.3, -0.25) is 0 Å². The molecule has 0 fully saturated rings. The maximum Gasteiger partial charge on any atom is 0.331 e. The molecule has 0 unspecified atom stereocenters. The number of ether oxygens (including phenoxy) is 6. The summed E-state index contributed by atoms with van der Waals surface area (Å²) in [6.45, 7) is 7.18. The van der Waals surface area contributed by atoms with Crippen molar-refractivity contribution in [2.45, 2.75) is 71.1 Å². The second-order valence-corrected chi connectivity index (χ2v) is 7.26. The number of rotatable bonds is 25. The molecule has 0 aromatic carbocycles. The minimum Gasteiger partial charge on any atom is -0.467 e. The fraction of sp³-hybridized carbons (Fsp3) is 0.957. The van der Waals surface area contributed by atoms with Crippen LogP contribution in [-0.2, 0) is 33.2 Å². The molecule has 180 valence electrons. The summed E-state index contributed by atoms with van der Waals surface area (Å²) < 4.78 is 31.3. The van der Waals surface area contributed by atoms with Gasteiger partial charge in [-0.1, -0.05) is 64.7 Å². The summed E-state index contributed by atoms with van der Waals surface area (Å²) in [5, 5.41) is 0. The molecule has 0 aliphatic rings. The van der Waals surface area contributed by atoms with Crippen LogP contribution < -0.4 is 0 Å². The van der Waals surface area contributed by atoms with E-state index in [0.29, 0.717) is 52.9 Å². The van der Waals surface area contributed by atoms with Gasteiger partial charge in [0.25, 0.3) is 0 Å². The van der Waals surface area contributed by atoms with Gasteiger partial charge in [-0.05, 0) is 6.42 Å². The minimum absolute atomic E-state index is 0.0450. The molecule has 0 aliphatic heterocycles. The smallest absolute Gasteiger partial charge is 0.331 e. The van der Waals surface area contributed by atoms with Crippen LogP contribution in [0.25, 0.3) is 0 Å². The first-order valence-corrected chi connectivity index (χ1v) is 11.8. The van der Waals surface area contributed by atoms with Crippen molar-refractivity contribution in [2.24, 2.45) is 0 Å². The third-order valence-electron chi connectivity index (χ3n) is 4.58. The van der Waals surface area contributed by atoms with E-state index in [4.69, 9.17) is 23.7 Å². The maximum atomic E-state index is 10.8. The Balaban J connectivity index is 3.01. The topological polar surface area (TPSA) is 72.5 Å². The van der Waals surface area contributed by atoms with Gasteiger partial charge in [0, 0.05) is 6.61 Å². The zero-order valence-corrected chi connectivity index (χ0v) is 19.5. The fourth-order valence-electron chi connectivity index (χ4n) is 2.79. The van der Waals surface area contributed by atoms with E-state index in [9.17, 15) is 4.79 Å². The average molecular weight is 435 g/mol. The van der Waals surface area contributed by atoms with Crippen LogP contribution in [0.1, 0.15) is 71.1 Å². The van der Waals surface area contributed by atoms with Crippen LogP contribution in [0.2, 0.25) is 0 Å². The van der Waals surface area contributed by atoms with Crippen LogP contribution in [-0.4, -0.2) is 79.1 Å². The van der Waals surface area contributed by atoms with Crippen molar-refractivity contribution in [1.82, 2.24) is 0 Å². The van der Waals surface area contributed by atoms with E-state index in [1.54, 1.807) is 0 Å². The maximum absolute atomic E-state index is 10.8. The summed E-state index contributed by atoms with van der Waals surface area (Å²) in [4.78, 5) is 10.8. The van der Waals surface area contributed by atoms with Crippen LogP contribution in [0.3, 0.4) is 0 Å². The average Bonchev–Trinajstić information content (AvgIpc) is 2.76. The van der Waals surface area contributed by atoms with Crippen molar-refractivity contribution in [1.29, 1.82) is 0 Å². The molecule has 0 N–H and O–H groups in total. The van der Waals surface area contributed by atoms with Crippen LogP contribution >= 0.6 is 0 Å². The van der Waals surface area contributed by atoms with Gasteiger partial charge in [0.1, 0.15) is 6.61 Å². The van der Waals surface area contributed by atoms with Crippen LogP contribution in [0, 0.1) is 0 Å². The first kappa shape index (κ1) is 29.3. The van der Waals surface area contributed by atoms with E-state index in [1.165, 1.54) is 64.9 Å². The lowest BCUT2D eigenvalue weighted by atomic mass is 10.1. The van der Waals surface area contributed by atoms with Gasteiger partial charge in [0.2, 0.25) is 0 Å². The molecular weight excluding hydrogens is 388 g/mol. The molecule has 0 atom stereocenters. The van der Waals surface area contributed by atoms with Gasteiger partial charge in [-0.25, -0.2) is 4.79 Å². The van der Waals surface area contributed by atoms with Crippen LogP contribution in [0.5, 0.6) is 0 Å². The zero-order chi connectivity index (χ0) is 22.0. The Labute approximate surface area is 184 Å². The first-order valence-electron chi connectivity index (χ1n) is 11.8. The van der Waals surface area contributed by atoms with Crippen molar-refractivity contribution in [3.05, 3.63) is 0 Å². The zero-order valence-electron chi connectivity index (χ0n) is 19.5. The Morgan fingerprint density at radius 1 is 0.500 bits per heavy atom. The number of carbonyl (C=O) groups is 1. The van der Waals surface area contributed by atoms with Gasteiger partial charge < -0.3 is 28.4 Å². The largest absolute Gasteiger partial charge is 0.467 e. The van der Waals surface area contributed by atoms with E-state index in [1.807, 2.05) is 0 Å². The van der Waals surface area contributed by atoms with Crippen molar-refractivity contribution < 1.29 is 33.2 Å². The van der Waals surface area contributed by atoms with E-state index in [0.717, 1.165) is 13.0 Å². The second kappa shape index (κ2) is 26.3. The highest BCUT2D eigenvalue weighted by Gasteiger charge is 1.99. The summed E-state index contributed by atoms with van der Waals surface area (Å²) in [5.74, 6) is -0.387. The van der Waals surface area contributed by atoms with E-state index in [-0.39, 0.29) is 12.6 Å².